The van der Waals surface area contributed by atoms with Crippen LogP contribution in [0.3, 0.4) is 0 Å². The lowest BCUT2D eigenvalue weighted by atomic mass is 10.2. The van der Waals surface area contributed by atoms with Crippen LogP contribution in [-0.4, -0.2) is 56.9 Å². The molecule has 1 unspecified atom stereocenters. The number of nitrogens with zero attached hydrogens (tertiary/aromatic N) is 1. The molecule has 0 spiro atoms. The molecule has 1 heterocycles. The van der Waals surface area contributed by atoms with Gasteiger partial charge in [-0.05, 0) is 43.2 Å². The fourth-order valence-corrected chi connectivity index (χ4v) is 3.15. The first kappa shape index (κ1) is 21.6. The van der Waals surface area contributed by atoms with Crippen molar-refractivity contribution in [2.45, 2.75) is 25.5 Å². The number of carbonyl (C=O) groups excluding carboxylic acids is 2. The maximum atomic E-state index is 12.3. The van der Waals surface area contributed by atoms with Crippen LogP contribution in [0.1, 0.15) is 28.8 Å². The lowest BCUT2D eigenvalue weighted by molar-refractivity contribution is -0.133. The first-order chi connectivity index (χ1) is 14.6. The van der Waals surface area contributed by atoms with Crippen molar-refractivity contribution in [3.63, 3.8) is 0 Å². The number of carbonyl (C=O) groups is 2. The zero-order valence-electron chi connectivity index (χ0n) is 17.3. The summed E-state index contributed by atoms with van der Waals surface area (Å²) in [5.74, 6) is 0.510. The van der Waals surface area contributed by atoms with E-state index >= 15 is 0 Å². The SMILES string of the molecule is COc1ccccc1CN(C)C(=O)COC(=O)c1ccc(OCC2CCCO2)cc1. The highest BCUT2D eigenvalue weighted by Crippen LogP contribution is 2.19. The number of hydrogen-bond acceptors (Lipinski definition) is 6. The Morgan fingerprint density at radius 3 is 2.60 bits per heavy atom. The van der Waals surface area contributed by atoms with E-state index in [0.717, 1.165) is 25.0 Å². The molecule has 30 heavy (non-hydrogen) atoms. The van der Waals surface area contributed by atoms with Crippen LogP contribution < -0.4 is 9.47 Å². The Kier molecular flexibility index (Phi) is 7.68. The van der Waals surface area contributed by atoms with Crippen LogP contribution in [0.15, 0.2) is 48.5 Å². The average molecular weight is 413 g/mol. The van der Waals surface area contributed by atoms with Gasteiger partial charge in [0.2, 0.25) is 0 Å². The fraction of sp³-hybridized carbons (Fsp3) is 0.391. The number of para-hydroxylation sites is 1. The van der Waals surface area contributed by atoms with Crippen LogP contribution in [0, 0.1) is 0 Å². The minimum atomic E-state index is -0.556. The molecular weight excluding hydrogens is 386 g/mol. The number of ether oxygens (including phenoxy) is 4. The second-order valence-corrected chi connectivity index (χ2v) is 7.11. The minimum Gasteiger partial charge on any atom is -0.496 e. The standard InChI is InChI=1S/C23H27NO6/c1-24(14-18-6-3-4-8-21(18)27-2)22(25)16-30-23(26)17-9-11-19(12-10-17)29-15-20-7-5-13-28-20/h3-4,6,8-12,20H,5,7,13-16H2,1-2H3. The lowest BCUT2D eigenvalue weighted by Crippen LogP contribution is -2.31. The third kappa shape index (κ3) is 5.97. The molecule has 0 N–H and O–H groups in total. The Balaban J connectivity index is 1.45. The number of esters is 1. The molecule has 1 amide bonds. The van der Waals surface area contributed by atoms with E-state index in [2.05, 4.69) is 0 Å². The fourth-order valence-electron chi connectivity index (χ4n) is 3.15. The van der Waals surface area contributed by atoms with E-state index in [4.69, 9.17) is 18.9 Å². The van der Waals surface area contributed by atoms with Gasteiger partial charge in [-0.3, -0.25) is 4.79 Å². The van der Waals surface area contributed by atoms with Crippen molar-refractivity contribution in [3.05, 3.63) is 59.7 Å². The number of methoxy groups -OCH3 is 1. The number of likely N-dealkylation sites (N-methyl/N-ethyl adjacent to an activating group) is 1. The molecule has 1 atom stereocenters. The molecule has 7 heteroatoms. The summed E-state index contributed by atoms with van der Waals surface area (Å²) in [6.07, 6.45) is 2.20. The summed E-state index contributed by atoms with van der Waals surface area (Å²) in [7, 11) is 3.24. The smallest absolute Gasteiger partial charge is 0.338 e. The van der Waals surface area contributed by atoms with Gasteiger partial charge in [0.15, 0.2) is 6.61 Å². The normalized spacial score (nSPS) is 15.5. The summed E-state index contributed by atoms with van der Waals surface area (Å²) < 4.78 is 21.7. The van der Waals surface area contributed by atoms with Gasteiger partial charge in [-0.2, -0.15) is 0 Å². The van der Waals surface area contributed by atoms with Crippen molar-refractivity contribution in [1.82, 2.24) is 4.90 Å². The number of hydrogen-bond donors (Lipinski definition) is 0. The van der Waals surface area contributed by atoms with Gasteiger partial charge in [-0.25, -0.2) is 4.79 Å². The third-order valence-corrected chi connectivity index (χ3v) is 4.90. The second kappa shape index (κ2) is 10.6. The summed E-state index contributed by atoms with van der Waals surface area (Å²) in [5.41, 5.74) is 1.24. The molecule has 0 bridgehead atoms. The van der Waals surface area contributed by atoms with Crippen LogP contribution in [0.2, 0.25) is 0 Å². The van der Waals surface area contributed by atoms with Crippen LogP contribution >= 0.6 is 0 Å². The van der Waals surface area contributed by atoms with Crippen molar-refractivity contribution in [1.29, 1.82) is 0 Å². The highest BCUT2D eigenvalue weighted by Gasteiger charge is 2.17. The number of rotatable bonds is 9. The van der Waals surface area contributed by atoms with E-state index in [0.29, 0.717) is 30.2 Å². The molecule has 160 valence electrons. The van der Waals surface area contributed by atoms with Gasteiger partial charge in [-0.15, -0.1) is 0 Å². The summed E-state index contributed by atoms with van der Waals surface area (Å²) in [4.78, 5) is 26.1. The highest BCUT2D eigenvalue weighted by atomic mass is 16.5. The van der Waals surface area contributed by atoms with Gasteiger partial charge in [0.1, 0.15) is 18.1 Å². The van der Waals surface area contributed by atoms with E-state index in [9.17, 15) is 9.59 Å². The topological polar surface area (TPSA) is 74.3 Å². The van der Waals surface area contributed by atoms with Gasteiger partial charge in [0, 0.05) is 25.8 Å². The Labute approximate surface area is 176 Å². The molecule has 1 aliphatic rings. The molecule has 1 saturated heterocycles. The van der Waals surface area contributed by atoms with Gasteiger partial charge >= 0.3 is 5.97 Å². The Hall–Kier alpha value is -3.06. The molecule has 1 aliphatic heterocycles. The Morgan fingerprint density at radius 1 is 1.13 bits per heavy atom. The molecule has 1 fully saturated rings. The van der Waals surface area contributed by atoms with Crippen LogP contribution in [0.25, 0.3) is 0 Å². The van der Waals surface area contributed by atoms with Crippen molar-refractivity contribution in [2.75, 3.05) is 34.0 Å². The highest BCUT2D eigenvalue weighted by molar-refractivity contribution is 5.91. The third-order valence-electron chi connectivity index (χ3n) is 4.90. The van der Waals surface area contributed by atoms with Crippen molar-refractivity contribution >= 4 is 11.9 Å². The van der Waals surface area contributed by atoms with Crippen molar-refractivity contribution < 1.29 is 28.5 Å². The zero-order chi connectivity index (χ0) is 21.3. The predicted octanol–water partition coefficient (Wildman–Crippen LogP) is 3.07. The van der Waals surface area contributed by atoms with Crippen LogP contribution in [0.4, 0.5) is 0 Å². The van der Waals surface area contributed by atoms with E-state index in [1.807, 2.05) is 24.3 Å². The lowest BCUT2D eigenvalue weighted by Gasteiger charge is -2.18. The molecule has 0 aliphatic carbocycles. The van der Waals surface area contributed by atoms with E-state index in [1.54, 1.807) is 38.4 Å². The summed E-state index contributed by atoms with van der Waals surface area (Å²) in [6.45, 7) is 1.31. The van der Waals surface area contributed by atoms with Gasteiger partial charge < -0.3 is 23.8 Å². The molecule has 0 aromatic heterocycles. The minimum absolute atomic E-state index is 0.133. The van der Waals surface area contributed by atoms with Crippen molar-refractivity contribution in [2.24, 2.45) is 0 Å². The Morgan fingerprint density at radius 2 is 1.90 bits per heavy atom. The van der Waals surface area contributed by atoms with Gasteiger partial charge in [0.05, 0.1) is 18.8 Å². The average Bonchev–Trinajstić information content (AvgIpc) is 3.30. The van der Waals surface area contributed by atoms with E-state index < -0.39 is 5.97 Å². The summed E-state index contributed by atoms with van der Waals surface area (Å²) in [6, 6.07) is 14.1. The summed E-state index contributed by atoms with van der Waals surface area (Å²) >= 11 is 0. The van der Waals surface area contributed by atoms with E-state index in [1.165, 1.54) is 4.90 Å². The first-order valence-electron chi connectivity index (χ1n) is 9.94. The Bertz CT molecular complexity index is 845. The molecule has 3 rings (SSSR count). The summed E-state index contributed by atoms with van der Waals surface area (Å²) in [5, 5.41) is 0. The van der Waals surface area contributed by atoms with E-state index in [-0.39, 0.29) is 18.6 Å². The van der Waals surface area contributed by atoms with Gasteiger partial charge in [0.25, 0.3) is 5.91 Å². The molecular formula is C23H27NO6. The maximum Gasteiger partial charge on any atom is 0.338 e. The molecule has 0 saturated carbocycles. The number of amides is 1. The second-order valence-electron chi connectivity index (χ2n) is 7.11. The predicted molar refractivity (Wildman–Crippen MR) is 111 cm³/mol. The monoisotopic (exact) mass is 413 g/mol. The molecule has 2 aromatic carbocycles. The molecule has 2 aromatic rings. The zero-order valence-corrected chi connectivity index (χ0v) is 17.3. The van der Waals surface area contributed by atoms with Crippen LogP contribution in [0.5, 0.6) is 11.5 Å². The number of benzene rings is 2. The molecule has 7 nitrogen and oxygen atoms in total. The molecule has 0 radical (unpaired) electrons. The largest absolute Gasteiger partial charge is 0.496 e. The van der Waals surface area contributed by atoms with Gasteiger partial charge in [-0.1, -0.05) is 18.2 Å². The van der Waals surface area contributed by atoms with Crippen LogP contribution in [-0.2, 0) is 20.8 Å². The van der Waals surface area contributed by atoms with Crippen molar-refractivity contribution in [3.8, 4) is 11.5 Å². The first-order valence-corrected chi connectivity index (χ1v) is 9.94. The quantitative estimate of drug-likeness (QED) is 0.588. The maximum absolute atomic E-state index is 12.3.